The van der Waals surface area contributed by atoms with Gasteiger partial charge in [0.15, 0.2) is 0 Å². The van der Waals surface area contributed by atoms with E-state index < -0.39 is 0 Å². The van der Waals surface area contributed by atoms with Crippen molar-refractivity contribution in [1.29, 1.82) is 0 Å². The van der Waals surface area contributed by atoms with Crippen LogP contribution in [0.3, 0.4) is 0 Å². The van der Waals surface area contributed by atoms with E-state index in [0.717, 1.165) is 85.5 Å². The Morgan fingerprint density at radius 2 is 0.707 bits per heavy atom. The number of benzene rings is 12. The third-order valence-corrected chi connectivity index (χ3v) is 22.3. The van der Waals surface area contributed by atoms with Gasteiger partial charge in [-0.2, -0.15) is 55.2 Å². The summed E-state index contributed by atoms with van der Waals surface area (Å²) in [5, 5.41) is 0. The summed E-state index contributed by atoms with van der Waals surface area (Å²) in [7, 11) is 2.03. The summed E-state index contributed by atoms with van der Waals surface area (Å²) in [5.74, 6) is 10.5. The van der Waals surface area contributed by atoms with Crippen molar-refractivity contribution >= 4 is 40.1 Å². The van der Waals surface area contributed by atoms with Crippen molar-refractivity contribution in [2.75, 3.05) is 26.6 Å². The second-order valence-electron chi connectivity index (χ2n) is 33.1. The fourth-order valence-electron chi connectivity index (χ4n) is 16.1. The molecule has 7 heterocycles. The minimum Gasteiger partial charge on any atom is -0.504 e. The van der Waals surface area contributed by atoms with Gasteiger partial charge in [-0.3, -0.25) is 19.9 Å². The molecule has 2 N–H and O–H groups in total. The Labute approximate surface area is 854 Å². The second-order valence-corrected chi connectivity index (χ2v) is 33.1. The topological polar surface area (TPSA) is 136 Å². The number of nitrogens with zero attached hydrogens (tertiary/aromatic N) is 14. The average Bonchev–Trinajstić information content (AvgIpc) is 1.13. The minimum atomic E-state index is 0. The number of rotatable bonds is 16. The molecule has 2 aliphatic heterocycles. The van der Waals surface area contributed by atoms with E-state index in [9.17, 15) is 0 Å². The largest absolute Gasteiger partial charge is 0.504 e. The molecule has 15 nitrogen and oxygen atoms in total. The molecule has 19 rings (SSSR count). The Kier molecular flexibility index (Phi) is 39.4. The van der Waals surface area contributed by atoms with Crippen LogP contribution in [0.4, 0.5) is 40.1 Å². The predicted octanol–water partition coefficient (Wildman–Crippen LogP) is 26.7. The van der Waals surface area contributed by atoms with E-state index in [-0.39, 0.29) is 101 Å². The molecule has 0 saturated heterocycles. The van der Waals surface area contributed by atoms with Crippen LogP contribution >= 0.6 is 0 Å². The van der Waals surface area contributed by atoms with Gasteiger partial charge in [0.05, 0.1) is 23.3 Å². The van der Waals surface area contributed by atoms with Gasteiger partial charge in [-0.05, 0) is 152 Å². The van der Waals surface area contributed by atoms with Gasteiger partial charge in [0.1, 0.15) is 11.6 Å². The first-order valence-electron chi connectivity index (χ1n) is 43.6. The van der Waals surface area contributed by atoms with E-state index in [1.807, 2.05) is 237 Å². The zero-order valence-electron chi connectivity index (χ0n) is 77.6. The number of anilines is 7. The molecule has 133 heavy (non-hydrogen) atoms. The van der Waals surface area contributed by atoms with E-state index in [2.05, 4.69) is 308 Å². The first kappa shape index (κ1) is 105. The molecule has 17 aromatic rings. The Morgan fingerprint density at radius 3 is 1.11 bits per heavy atom. The molecule has 5 radical (unpaired) electrons. The minimum absolute atomic E-state index is 0. The Balaban J connectivity index is 0.000000179. The number of hydrogen-bond donors (Lipinski definition) is 1. The van der Waals surface area contributed by atoms with Crippen LogP contribution in [-0.2, 0) is 101 Å². The number of para-hydroxylation sites is 6. The molecule has 2 aliphatic rings. The number of nitrogens with two attached hydrogens (primary N) is 1. The van der Waals surface area contributed by atoms with E-state index >= 15 is 0 Å². The maximum atomic E-state index is 5.20. The molecular formula is C113H109Ir5N15-8. The van der Waals surface area contributed by atoms with Gasteiger partial charge in [0.25, 0.3) is 0 Å². The van der Waals surface area contributed by atoms with Crippen molar-refractivity contribution in [1.82, 2.24) is 48.2 Å². The van der Waals surface area contributed by atoms with Gasteiger partial charge in [0.2, 0.25) is 0 Å². The Bertz CT molecular complexity index is 6400. The van der Waals surface area contributed by atoms with Crippen LogP contribution in [0.1, 0.15) is 160 Å². The third kappa shape index (κ3) is 25.1. The van der Waals surface area contributed by atoms with Gasteiger partial charge in [0, 0.05) is 202 Å². The van der Waals surface area contributed by atoms with Crippen LogP contribution < -0.4 is 25.3 Å². The normalized spacial score (nSPS) is 11.3. The monoisotopic (exact) mass is 2640 g/mol. The van der Waals surface area contributed by atoms with Gasteiger partial charge in [-0.25, -0.2) is 9.97 Å². The summed E-state index contributed by atoms with van der Waals surface area (Å²) in [6, 6.07) is 108. The second kappa shape index (κ2) is 49.9. The van der Waals surface area contributed by atoms with Crippen molar-refractivity contribution in [3.05, 3.63) is 428 Å². The van der Waals surface area contributed by atoms with Crippen LogP contribution in [0.15, 0.2) is 317 Å². The standard InChI is InChI=1S/C24H29N2.C21H23N2.C18H17N2.C17H12N4.C17H15N2.C16H13N3.5Ir/c1-16(2)20-14-21(17(3)4)23(22(15-20)18(5)6)26-13-12-25-24(26)19-10-8-7-9-11-19;1-15(2)18-11-8-12-19(16(3)4)20(18)23-14-13-22-21(23)17-9-6-5-7-10-17;1-13-11-14(2)17(15(3)12-13)20-10-9-19-18(20)16-7-5-4-6-8-16;1-3-7-14(8-4-1)20-13-21(15-9-5-2-6-10-15)17-16(20)18-11-12-19-17;1-13-7-6-8-14(2)16(13)19-12-11-18-17(19)15-9-4-3-5-10-15;1-18-12-19(16-5-3-2-4-15(16)18)14-8-6-13(7-9-14)10-11-17;;;;;/h7-10,12-18H,1-6H3;5-9,11-16H,1-4H3;4-7,9-12H,1-3H3;1-9,11-13H;3-9,11-12H,1-2H3;2-8,12H,17H2,1H3;;;;;/q3*-1;-2;-1;-2;;;;;. The smallest absolute Gasteiger partial charge is 0.145 e. The molecule has 0 fully saturated rings. The van der Waals surface area contributed by atoms with Crippen LogP contribution in [0, 0.1) is 96.3 Å². The summed E-state index contributed by atoms with van der Waals surface area (Å²) in [6.07, 6.45) is 19.0. The summed E-state index contributed by atoms with van der Waals surface area (Å²) >= 11 is 0. The molecule has 20 heteroatoms. The van der Waals surface area contributed by atoms with E-state index in [1.54, 1.807) is 12.4 Å². The van der Waals surface area contributed by atoms with Gasteiger partial charge in [-0.15, -0.1) is 174 Å². The summed E-state index contributed by atoms with van der Waals surface area (Å²) in [5.41, 5.74) is 33.6. The summed E-state index contributed by atoms with van der Waals surface area (Å²) < 4.78 is 8.75. The molecule has 0 bridgehead atoms. The molecule has 12 aromatic carbocycles. The first-order valence-corrected chi connectivity index (χ1v) is 43.6. The van der Waals surface area contributed by atoms with E-state index in [0.29, 0.717) is 29.6 Å². The molecule has 0 saturated carbocycles. The maximum absolute atomic E-state index is 5.20. The van der Waals surface area contributed by atoms with Crippen LogP contribution in [0.5, 0.6) is 0 Å². The summed E-state index contributed by atoms with van der Waals surface area (Å²) in [4.78, 5) is 35.4. The first-order chi connectivity index (χ1) is 62.1. The van der Waals surface area contributed by atoms with Crippen molar-refractivity contribution in [2.24, 2.45) is 5.73 Å². The van der Waals surface area contributed by atoms with Gasteiger partial charge < -0.3 is 43.6 Å². The van der Waals surface area contributed by atoms with Gasteiger partial charge in [-0.1, -0.05) is 171 Å². The Morgan fingerprint density at radius 1 is 0.323 bits per heavy atom. The van der Waals surface area contributed by atoms with E-state index in [4.69, 9.17) is 5.73 Å². The fraction of sp³-hybridized carbons (Fsp3) is 0.186. The number of fused-ring (bicyclic) bond motifs is 2. The van der Waals surface area contributed by atoms with Crippen molar-refractivity contribution < 1.29 is 101 Å². The fourth-order valence-corrected chi connectivity index (χ4v) is 16.1. The molecule has 0 aliphatic carbocycles. The predicted molar refractivity (Wildman–Crippen MR) is 525 cm³/mol. The molecule has 0 amide bonds. The van der Waals surface area contributed by atoms with Crippen molar-refractivity contribution in [3.63, 3.8) is 0 Å². The molecule has 0 atom stereocenters. The van der Waals surface area contributed by atoms with Gasteiger partial charge >= 0.3 is 0 Å². The van der Waals surface area contributed by atoms with Crippen LogP contribution in [0.25, 0.3) is 68.3 Å². The quantitative estimate of drug-likeness (QED) is 0.0562. The zero-order valence-corrected chi connectivity index (χ0v) is 89.5. The molecule has 689 valence electrons. The molecule has 5 aromatic heterocycles. The maximum Gasteiger partial charge on any atom is 0.145 e. The van der Waals surface area contributed by atoms with Crippen molar-refractivity contribution in [3.8, 4) is 80.3 Å². The number of hydrogen-bond acceptors (Lipinski definition) is 11. The zero-order chi connectivity index (χ0) is 89.9. The van der Waals surface area contributed by atoms with Crippen LogP contribution in [-0.4, -0.2) is 55.2 Å². The number of aromatic nitrogens is 10. The third-order valence-electron chi connectivity index (χ3n) is 22.3. The number of aryl methyl sites for hydroxylation is 5. The molecular weight excluding hydrogens is 2530 g/mol. The molecule has 0 unspecified atom stereocenters. The molecule has 0 spiro atoms. The van der Waals surface area contributed by atoms with E-state index in [1.165, 1.54) is 84.1 Å². The number of imidazole rings is 4. The SMILES string of the molecule is CC(C)c1cc(C(C)C)c(-n2ccnc2-c2[c-]cccc2)c(C(C)C)c1.CC(C)c1cccc(C(C)C)c1-n1ccnc1-c1[c-]cccc1.CN1[CH-]N(c2[c-]cc(C#CN)cc2)c2ccccc21.Cc1cc(C)c(-n2ccnc2-c2[c-]cccc2)c(C)c1.Cc1cccc(C)c1-n1ccnc1-c1[c-]cccc1.[Ir].[Ir].[Ir].[Ir].[Ir].[c-]1ccccc1N1[CH-]N(c2ccccc2)c2nccnc21. The van der Waals surface area contributed by atoms with Crippen molar-refractivity contribution in [2.45, 2.75) is 133 Å². The summed E-state index contributed by atoms with van der Waals surface area (Å²) in [6.45, 7) is 37.3. The van der Waals surface area contributed by atoms with Crippen LogP contribution in [0.2, 0.25) is 0 Å². The average molecular weight is 2640 g/mol. The Hall–Kier alpha value is -11.6.